The maximum Gasteiger partial charge on any atom is 0.240 e. The van der Waals surface area contributed by atoms with E-state index in [2.05, 4.69) is 10.6 Å². The van der Waals surface area contributed by atoms with E-state index in [9.17, 15) is 18.4 Å². The molecule has 0 aromatic heterocycles. The van der Waals surface area contributed by atoms with Crippen molar-refractivity contribution in [2.45, 2.75) is 19.0 Å². The van der Waals surface area contributed by atoms with Gasteiger partial charge in [0.25, 0.3) is 0 Å². The molecule has 1 saturated heterocycles. The highest BCUT2D eigenvalue weighted by Crippen LogP contribution is 2.14. The van der Waals surface area contributed by atoms with Crippen LogP contribution in [-0.2, 0) is 16.1 Å². The summed E-state index contributed by atoms with van der Waals surface area (Å²) >= 11 is 0. The van der Waals surface area contributed by atoms with Crippen molar-refractivity contribution in [1.82, 2.24) is 10.2 Å². The molecule has 2 aromatic rings. The lowest BCUT2D eigenvalue weighted by atomic mass is 10.1. The molecular formula is C19H20ClF2N3O2. The van der Waals surface area contributed by atoms with Crippen molar-refractivity contribution >= 4 is 29.9 Å². The van der Waals surface area contributed by atoms with Gasteiger partial charge in [-0.3, -0.25) is 9.59 Å². The van der Waals surface area contributed by atoms with Crippen molar-refractivity contribution < 1.29 is 18.4 Å². The molecule has 8 heteroatoms. The number of para-hydroxylation sites is 1. The molecule has 1 heterocycles. The summed E-state index contributed by atoms with van der Waals surface area (Å²) in [6.45, 7) is 1.02. The van der Waals surface area contributed by atoms with Gasteiger partial charge in [0.2, 0.25) is 11.8 Å². The van der Waals surface area contributed by atoms with Crippen LogP contribution < -0.4 is 10.6 Å². The zero-order valence-electron chi connectivity index (χ0n) is 14.5. The van der Waals surface area contributed by atoms with Gasteiger partial charge < -0.3 is 15.5 Å². The number of anilines is 1. The first kappa shape index (κ1) is 20.8. The Bertz CT molecular complexity index is 785. The average Bonchev–Trinajstić information content (AvgIpc) is 2.58. The van der Waals surface area contributed by atoms with Crippen molar-refractivity contribution in [2.75, 3.05) is 18.4 Å². The topological polar surface area (TPSA) is 61.4 Å². The van der Waals surface area contributed by atoms with E-state index < -0.39 is 17.7 Å². The van der Waals surface area contributed by atoms with Crippen LogP contribution in [0, 0.1) is 11.6 Å². The molecule has 0 aliphatic carbocycles. The number of hydrogen-bond acceptors (Lipinski definition) is 3. The van der Waals surface area contributed by atoms with E-state index >= 15 is 0 Å². The van der Waals surface area contributed by atoms with E-state index in [0.29, 0.717) is 24.3 Å². The lowest BCUT2D eigenvalue weighted by molar-refractivity contribution is -0.138. The number of rotatable bonds is 5. The highest BCUT2D eigenvalue weighted by molar-refractivity contribution is 5.95. The molecule has 2 amide bonds. The van der Waals surface area contributed by atoms with Gasteiger partial charge in [-0.2, -0.15) is 0 Å². The first-order valence-corrected chi connectivity index (χ1v) is 8.33. The van der Waals surface area contributed by atoms with Gasteiger partial charge in [-0.1, -0.05) is 18.2 Å². The Morgan fingerprint density at radius 3 is 2.48 bits per heavy atom. The molecule has 5 nitrogen and oxygen atoms in total. The van der Waals surface area contributed by atoms with Gasteiger partial charge in [0, 0.05) is 31.4 Å². The van der Waals surface area contributed by atoms with Crippen LogP contribution in [0.3, 0.4) is 0 Å². The first-order chi connectivity index (χ1) is 12.5. The summed E-state index contributed by atoms with van der Waals surface area (Å²) in [6, 6.07) is 11.5. The zero-order valence-corrected chi connectivity index (χ0v) is 15.3. The Hall–Kier alpha value is -2.51. The molecule has 144 valence electrons. The average molecular weight is 396 g/mol. The summed E-state index contributed by atoms with van der Waals surface area (Å²) in [5.74, 6) is -1.90. The smallest absolute Gasteiger partial charge is 0.240 e. The highest BCUT2D eigenvalue weighted by atomic mass is 35.5. The highest BCUT2D eigenvalue weighted by Gasteiger charge is 2.30. The largest absolute Gasteiger partial charge is 0.336 e. The van der Waals surface area contributed by atoms with Crippen LogP contribution in [0.15, 0.2) is 48.5 Å². The third kappa shape index (κ3) is 5.74. The Morgan fingerprint density at radius 1 is 1.15 bits per heavy atom. The van der Waals surface area contributed by atoms with Crippen LogP contribution in [-0.4, -0.2) is 35.8 Å². The number of amides is 2. The molecule has 27 heavy (non-hydrogen) atoms. The van der Waals surface area contributed by atoms with Crippen LogP contribution in [0.4, 0.5) is 14.5 Å². The Kier molecular flexibility index (Phi) is 7.27. The normalized spacial score (nSPS) is 16.6. The van der Waals surface area contributed by atoms with Gasteiger partial charge in [-0.05, 0) is 29.8 Å². The predicted octanol–water partition coefficient (Wildman–Crippen LogP) is 2.72. The minimum absolute atomic E-state index is 0. The molecule has 1 aliphatic heterocycles. The van der Waals surface area contributed by atoms with Crippen LogP contribution in [0.5, 0.6) is 0 Å². The van der Waals surface area contributed by atoms with Crippen molar-refractivity contribution in [3.63, 3.8) is 0 Å². The van der Waals surface area contributed by atoms with Gasteiger partial charge in [0.05, 0.1) is 12.5 Å². The van der Waals surface area contributed by atoms with Gasteiger partial charge >= 0.3 is 0 Å². The molecule has 2 aromatic carbocycles. The fourth-order valence-corrected chi connectivity index (χ4v) is 2.95. The number of carbonyl (C=O) groups is 2. The number of halogens is 3. The molecule has 0 saturated carbocycles. The number of benzene rings is 2. The van der Waals surface area contributed by atoms with Crippen molar-refractivity contribution in [2.24, 2.45) is 0 Å². The Labute approximate surface area is 162 Å². The van der Waals surface area contributed by atoms with Gasteiger partial charge in [-0.25, -0.2) is 8.78 Å². The number of nitrogens with zero attached hydrogens (tertiary/aromatic N) is 1. The molecule has 1 fully saturated rings. The van der Waals surface area contributed by atoms with E-state index in [-0.39, 0.29) is 37.2 Å². The summed E-state index contributed by atoms with van der Waals surface area (Å²) in [6.07, 6.45) is -0.0122. The first-order valence-electron chi connectivity index (χ1n) is 8.33. The molecule has 1 aliphatic rings. The maximum atomic E-state index is 13.3. The molecule has 3 rings (SSSR count). The lowest BCUT2D eigenvalue weighted by Gasteiger charge is -2.33. The van der Waals surface area contributed by atoms with Crippen LogP contribution in [0.25, 0.3) is 0 Å². The van der Waals surface area contributed by atoms with Gasteiger partial charge in [0.15, 0.2) is 0 Å². The number of nitrogens with one attached hydrogen (secondary N) is 2. The summed E-state index contributed by atoms with van der Waals surface area (Å²) in [4.78, 5) is 26.2. The summed E-state index contributed by atoms with van der Waals surface area (Å²) in [5.41, 5.74) is 1.04. The summed E-state index contributed by atoms with van der Waals surface area (Å²) < 4.78 is 26.7. The number of piperazine rings is 1. The summed E-state index contributed by atoms with van der Waals surface area (Å²) in [7, 11) is 0. The molecule has 0 spiro atoms. The third-order valence-electron chi connectivity index (χ3n) is 4.13. The maximum absolute atomic E-state index is 13.3. The molecule has 0 bridgehead atoms. The van der Waals surface area contributed by atoms with Crippen molar-refractivity contribution in [3.8, 4) is 0 Å². The van der Waals surface area contributed by atoms with E-state index in [4.69, 9.17) is 0 Å². The third-order valence-corrected chi connectivity index (χ3v) is 4.13. The van der Waals surface area contributed by atoms with E-state index in [1.165, 1.54) is 17.0 Å². The lowest BCUT2D eigenvalue weighted by Crippen LogP contribution is -2.55. The minimum Gasteiger partial charge on any atom is -0.336 e. The second-order valence-corrected chi connectivity index (χ2v) is 6.16. The molecule has 1 unspecified atom stereocenters. The van der Waals surface area contributed by atoms with Crippen LogP contribution in [0.1, 0.15) is 12.0 Å². The second kappa shape index (κ2) is 9.43. The molecular weight excluding hydrogens is 376 g/mol. The quantitative estimate of drug-likeness (QED) is 0.818. The second-order valence-electron chi connectivity index (χ2n) is 6.16. The predicted molar refractivity (Wildman–Crippen MR) is 101 cm³/mol. The Morgan fingerprint density at radius 2 is 1.81 bits per heavy atom. The minimum atomic E-state index is -0.679. The van der Waals surface area contributed by atoms with Crippen LogP contribution >= 0.6 is 12.4 Å². The van der Waals surface area contributed by atoms with Crippen LogP contribution in [0.2, 0.25) is 0 Å². The zero-order chi connectivity index (χ0) is 18.5. The van der Waals surface area contributed by atoms with E-state index in [1.54, 1.807) is 24.3 Å². The number of carbonyl (C=O) groups excluding carboxylic acids is 2. The van der Waals surface area contributed by atoms with Gasteiger partial charge in [0.1, 0.15) is 11.6 Å². The van der Waals surface area contributed by atoms with Crippen molar-refractivity contribution in [3.05, 3.63) is 65.7 Å². The summed E-state index contributed by atoms with van der Waals surface area (Å²) in [5, 5.41) is 5.76. The Balaban J connectivity index is 0.00000261. The monoisotopic (exact) mass is 395 g/mol. The van der Waals surface area contributed by atoms with Crippen molar-refractivity contribution in [1.29, 1.82) is 0 Å². The van der Waals surface area contributed by atoms with E-state index in [0.717, 1.165) is 6.07 Å². The number of hydrogen-bond donors (Lipinski definition) is 2. The molecule has 1 atom stereocenters. The SMILES string of the molecule is Cl.O=C(CC1NCCN(Cc2cc(F)cc(F)c2)C1=O)Nc1ccccc1. The molecule has 0 radical (unpaired) electrons. The standard InChI is InChI=1S/C19H19F2N3O2.ClH/c20-14-8-13(9-15(21)10-14)12-24-7-6-22-17(19(24)26)11-18(25)23-16-4-2-1-3-5-16;/h1-5,8-10,17,22H,6-7,11-12H2,(H,23,25);1H. The van der Waals surface area contributed by atoms with Gasteiger partial charge in [-0.15, -0.1) is 12.4 Å². The van der Waals surface area contributed by atoms with E-state index in [1.807, 2.05) is 6.07 Å². The fourth-order valence-electron chi connectivity index (χ4n) is 2.95. The molecule has 2 N–H and O–H groups in total. The fraction of sp³-hybridized carbons (Fsp3) is 0.263.